The molecule has 2 aliphatic carbocycles. The normalized spacial score (nSPS) is 29.0. The van der Waals surface area contributed by atoms with Gasteiger partial charge in [0.05, 0.1) is 11.8 Å². The number of hydrogen-bond acceptors (Lipinski definition) is 4. The molecule has 1 heterocycles. The molecule has 150 valence electrons. The Morgan fingerprint density at radius 1 is 1.15 bits per heavy atom. The van der Waals surface area contributed by atoms with E-state index < -0.39 is 0 Å². The molecule has 4 unspecified atom stereocenters. The molecule has 3 aliphatic rings. The Bertz CT molecular complexity index is 574. The first-order valence-electron chi connectivity index (χ1n) is 10.3. The van der Waals surface area contributed by atoms with Crippen molar-refractivity contribution < 1.29 is 14.3 Å². The summed E-state index contributed by atoms with van der Waals surface area (Å²) in [6.45, 7) is 8.13. The number of nitrogens with one attached hydrogen (secondary N) is 2. The average molecular weight is 377 g/mol. The zero-order valence-electron chi connectivity index (χ0n) is 16.4. The molecule has 7 heteroatoms. The molecule has 7 nitrogen and oxygen atoms in total. The zero-order chi connectivity index (χ0) is 19.2. The summed E-state index contributed by atoms with van der Waals surface area (Å²) in [5.74, 6) is 1.20. The first-order chi connectivity index (χ1) is 13.2. The molecule has 0 aromatic carbocycles. The third-order valence-corrected chi connectivity index (χ3v) is 5.68. The molecule has 2 bridgehead atoms. The molecule has 0 aromatic heterocycles. The lowest BCUT2D eigenvalue weighted by Gasteiger charge is -2.17. The Labute approximate surface area is 161 Å². The average Bonchev–Trinajstić information content (AvgIpc) is 3.34. The van der Waals surface area contributed by atoms with Crippen LogP contribution in [0.1, 0.15) is 33.1 Å². The fourth-order valence-corrected chi connectivity index (χ4v) is 4.47. The number of imide groups is 1. The second kappa shape index (κ2) is 9.35. The molecular formula is C20H32N4O3. The predicted octanol–water partition coefficient (Wildman–Crippen LogP) is 1.17. The van der Waals surface area contributed by atoms with Gasteiger partial charge < -0.3 is 15.4 Å². The summed E-state index contributed by atoms with van der Waals surface area (Å²) in [4.78, 5) is 31.3. The molecule has 4 atom stereocenters. The van der Waals surface area contributed by atoms with Gasteiger partial charge in [0, 0.05) is 39.4 Å². The van der Waals surface area contributed by atoms with Crippen molar-refractivity contribution in [2.75, 3.05) is 39.4 Å². The van der Waals surface area contributed by atoms with Crippen LogP contribution in [0.2, 0.25) is 0 Å². The van der Waals surface area contributed by atoms with Gasteiger partial charge in [0.15, 0.2) is 5.96 Å². The Morgan fingerprint density at radius 2 is 1.85 bits per heavy atom. The smallest absolute Gasteiger partial charge is 0.233 e. The number of hydrogen-bond donors (Lipinski definition) is 2. The minimum atomic E-state index is -0.0969. The maximum Gasteiger partial charge on any atom is 0.233 e. The third-order valence-electron chi connectivity index (χ3n) is 5.68. The van der Waals surface area contributed by atoms with Crippen LogP contribution in [0, 0.1) is 23.7 Å². The van der Waals surface area contributed by atoms with E-state index in [1.54, 1.807) is 0 Å². The van der Waals surface area contributed by atoms with Gasteiger partial charge in [0.1, 0.15) is 0 Å². The highest BCUT2D eigenvalue weighted by atomic mass is 16.5. The molecule has 27 heavy (non-hydrogen) atoms. The van der Waals surface area contributed by atoms with Crippen molar-refractivity contribution in [3.8, 4) is 0 Å². The largest absolute Gasteiger partial charge is 0.382 e. The number of carbonyl (C=O) groups is 2. The number of carbonyl (C=O) groups excluding carboxylic acids is 2. The highest BCUT2D eigenvalue weighted by Crippen LogP contribution is 2.52. The Kier molecular flexibility index (Phi) is 6.88. The molecule has 1 aliphatic heterocycles. The minimum Gasteiger partial charge on any atom is -0.382 e. The number of guanidine groups is 1. The fourth-order valence-electron chi connectivity index (χ4n) is 4.47. The minimum absolute atomic E-state index is 0.0341. The molecule has 2 N–H and O–H groups in total. The summed E-state index contributed by atoms with van der Waals surface area (Å²) in [5, 5.41) is 6.50. The summed E-state index contributed by atoms with van der Waals surface area (Å²) >= 11 is 0. The topological polar surface area (TPSA) is 83.0 Å². The molecule has 1 saturated carbocycles. The summed E-state index contributed by atoms with van der Waals surface area (Å²) < 4.78 is 5.33. The highest BCUT2D eigenvalue weighted by molar-refractivity contribution is 6.06. The monoisotopic (exact) mass is 376 g/mol. The van der Waals surface area contributed by atoms with Gasteiger partial charge in [-0.3, -0.25) is 19.5 Å². The molecule has 1 saturated heterocycles. The molecule has 0 spiro atoms. The van der Waals surface area contributed by atoms with Crippen LogP contribution < -0.4 is 10.6 Å². The second-order valence-corrected chi connectivity index (χ2v) is 7.42. The quantitative estimate of drug-likeness (QED) is 0.197. The number of nitrogens with zero attached hydrogens (tertiary/aromatic N) is 2. The summed E-state index contributed by atoms with van der Waals surface area (Å²) in [6.07, 6.45) is 6.85. The van der Waals surface area contributed by atoms with Gasteiger partial charge in [-0.05, 0) is 44.9 Å². The van der Waals surface area contributed by atoms with E-state index in [0.29, 0.717) is 19.5 Å². The van der Waals surface area contributed by atoms with Crippen molar-refractivity contribution in [2.24, 2.45) is 28.7 Å². The number of rotatable bonds is 10. The van der Waals surface area contributed by atoms with Gasteiger partial charge >= 0.3 is 0 Å². The number of aliphatic imine (C=N–C) groups is 1. The van der Waals surface area contributed by atoms with Gasteiger partial charge in [-0.25, -0.2) is 0 Å². The molecule has 3 rings (SSSR count). The van der Waals surface area contributed by atoms with Gasteiger partial charge in [-0.15, -0.1) is 0 Å². The van der Waals surface area contributed by atoms with Crippen LogP contribution in [0.25, 0.3) is 0 Å². The Hall–Kier alpha value is -1.89. The maximum atomic E-state index is 12.6. The van der Waals surface area contributed by atoms with Crippen molar-refractivity contribution in [1.82, 2.24) is 15.5 Å². The maximum absolute atomic E-state index is 12.6. The summed E-state index contributed by atoms with van der Waals surface area (Å²) in [5.41, 5.74) is 0. The predicted molar refractivity (Wildman–Crippen MR) is 104 cm³/mol. The van der Waals surface area contributed by atoms with E-state index in [4.69, 9.17) is 4.74 Å². The van der Waals surface area contributed by atoms with Crippen LogP contribution in [0.5, 0.6) is 0 Å². The summed E-state index contributed by atoms with van der Waals surface area (Å²) in [7, 11) is 0. The van der Waals surface area contributed by atoms with E-state index in [0.717, 1.165) is 45.1 Å². The van der Waals surface area contributed by atoms with E-state index in [9.17, 15) is 9.59 Å². The lowest BCUT2D eigenvalue weighted by atomic mass is 9.85. The number of fused-ring (bicyclic) bond motifs is 5. The van der Waals surface area contributed by atoms with E-state index in [1.165, 1.54) is 4.90 Å². The fraction of sp³-hybridized carbons (Fsp3) is 0.750. The van der Waals surface area contributed by atoms with Crippen molar-refractivity contribution in [3.63, 3.8) is 0 Å². The third kappa shape index (κ3) is 4.34. The first-order valence-corrected chi connectivity index (χ1v) is 10.3. The van der Waals surface area contributed by atoms with Crippen LogP contribution in [-0.4, -0.2) is 62.1 Å². The lowest BCUT2D eigenvalue weighted by molar-refractivity contribution is -0.140. The van der Waals surface area contributed by atoms with Crippen LogP contribution in [0.4, 0.5) is 0 Å². The molecule has 2 fully saturated rings. The van der Waals surface area contributed by atoms with Gasteiger partial charge in [0.2, 0.25) is 11.8 Å². The van der Waals surface area contributed by atoms with Gasteiger partial charge in [0.25, 0.3) is 0 Å². The van der Waals surface area contributed by atoms with Crippen LogP contribution in [-0.2, 0) is 14.3 Å². The SMILES string of the molecule is CCNC(=NCCCN1C(=O)C2C3C=CC(C3)C2C1=O)NCCCOCC. The molecule has 0 aromatic rings. The van der Waals surface area contributed by atoms with Crippen LogP contribution in [0.3, 0.4) is 0 Å². The number of ether oxygens (including phenoxy) is 1. The van der Waals surface area contributed by atoms with E-state index in [-0.39, 0.29) is 35.5 Å². The summed E-state index contributed by atoms with van der Waals surface area (Å²) in [6, 6.07) is 0. The van der Waals surface area contributed by atoms with Crippen molar-refractivity contribution in [2.45, 2.75) is 33.1 Å². The lowest BCUT2D eigenvalue weighted by Crippen LogP contribution is -2.38. The first kappa shape index (κ1) is 19.9. The zero-order valence-corrected chi connectivity index (χ0v) is 16.4. The van der Waals surface area contributed by atoms with Gasteiger partial charge in [-0.2, -0.15) is 0 Å². The highest BCUT2D eigenvalue weighted by Gasteiger charge is 2.58. The standard InChI is InChI=1S/C20H32N4O3/c1-3-21-20(23-10-6-12-27-4-2)22-9-5-11-24-18(25)16-14-7-8-15(13-14)17(16)19(24)26/h7-8,14-17H,3-6,9-13H2,1-2H3,(H2,21,22,23). The second-order valence-electron chi connectivity index (χ2n) is 7.42. The molecular weight excluding hydrogens is 344 g/mol. The molecule has 2 amide bonds. The van der Waals surface area contributed by atoms with Crippen LogP contribution >= 0.6 is 0 Å². The van der Waals surface area contributed by atoms with E-state index in [1.807, 2.05) is 13.8 Å². The van der Waals surface area contributed by atoms with Crippen molar-refractivity contribution >= 4 is 17.8 Å². The van der Waals surface area contributed by atoms with Crippen molar-refractivity contribution in [1.29, 1.82) is 0 Å². The van der Waals surface area contributed by atoms with E-state index >= 15 is 0 Å². The van der Waals surface area contributed by atoms with E-state index in [2.05, 4.69) is 27.8 Å². The number of allylic oxidation sites excluding steroid dienone is 2. The van der Waals surface area contributed by atoms with Crippen molar-refractivity contribution in [3.05, 3.63) is 12.2 Å². The Balaban J connectivity index is 1.42. The Morgan fingerprint density at radius 3 is 2.48 bits per heavy atom. The van der Waals surface area contributed by atoms with Gasteiger partial charge in [-0.1, -0.05) is 12.2 Å². The number of amides is 2. The molecule has 0 radical (unpaired) electrons. The number of likely N-dealkylation sites (tertiary alicyclic amines) is 1. The van der Waals surface area contributed by atoms with Crippen LogP contribution in [0.15, 0.2) is 17.1 Å².